The highest BCUT2D eigenvalue weighted by molar-refractivity contribution is 5.51. The fourth-order valence-corrected chi connectivity index (χ4v) is 2.36. The number of aromatic nitrogens is 1. The van der Waals surface area contributed by atoms with Crippen molar-refractivity contribution in [1.29, 1.82) is 5.26 Å². The van der Waals surface area contributed by atoms with E-state index >= 15 is 0 Å². The summed E-state index contributed by atoms with van der Waals surface area (Å²) in [6.45, 7) is 2.69. The Labute approximate surface area is 108 Å². The van der Waals surface area contributed by atoms with E-state index in [-0.39, 0.29) is 0 Å². The van der Waals surface area contributed by atoms with Crippen LogP contribution in [0.5, 0.6) is 0 Å². The molecule has 0 aromatic carbocycles. The first-order valence-corrected chi connectivity index (χ1v) is 6.44. The van der Waals surface area contributed by atoms with E-state index in [1.165, 1.54) is 0 Å². The van der Waals surface area contributed by atoms with Gasteiger partial charge in [-0.2, -0.15) is 5.26 Å². The molecule has 0 atom stereocenters. The molecule has 0 aliphatic heterocycles. The van der Waals surface area contributed by atoms with Crippen molar-refractivity contribution in [2.75, 3.05) is 11.9 Å². The molecule has 0 unspecified atom stereocenters. The minimum atomic E-state index is -0.656. The molecule has 1 aliphatic rings. The Hall–Kier alpha value is -1.60. The van der Waals surface area contributed by atoms with E-state index in [4.69, 9.17) is 5.26 Å². The van der Waals surface area contributed by atoms with E-state index in [9.17, 15) is 5.11 Å². The van der Waals surface area contributed by atoms with Crippen molar-refractivity contribution in [3.05, 3.63) is 23.9 Å². The Morgan fingerprint density at radius 1 is 1.56 bits per heavy atom. The largest absolute Gasteiger partial charge is 0.388 e. The van der Waals surface area contributed by atoms with Gasteiger partial charge in [-0.05, 0) is 43.7 Å². The lowest BCUT2D eigenvalue weighted by atomic mass is 9.79. The number of pyridine rings is 1. The Morgan fingerprint density at radius 2 is 2.28 bits per heavy atom. The molecule has 4 nitrogen and oxygen atoms in total. The molecule has 1 aliphatic carbocycles. The Balaban J connectivity index is 1.97. The van der Waals surface area contributed by atoms with Gasteiger partial charge in [-0.3, -0.25) is 0 Å². The Bertz CT molecular complexity index is 445. The molecule has 96 valence electrons. The summed E-state index contributed by atoms with van der Waals surface area (Å²) in [5.74, 6) is 1.27. The molecular weight excluding hydrogens is 226 g/mol. The van der Waals surface area contributed by atoms with E-state index < -0.39 is 5.60 Å². The number of nitriles is 1. The summed E-state index contributed by atoms with van der Waals surface area (Å²) in [4.78, 5) is 4.14. The van der Waals surface area contributed by atoms with Crippen LogP contribution in [0.15, 0.2) is 18.3 Å². The van der Waals surface area contributed by atoms with Gasteiger partial charge in [0, 0.05) is 12.7 Å². The molecule has 0 bridgehead atoms. The van der Waals surface area contributed by atoms with Crippen LogP contribution in [0.2, 0.25) is 0 Å². The standard InChI is InChI=1S/C14H19N3O/c1-11-4-6-14(18,7-5-11)10-17-13-12(9-15)3-2-8-16-13/h2-3,8,11,18H,4-7,10H2,1H3,(H,16,17). The first-order chi connectivity index (χ1) is 8.63. The van der Waals surface area contributed by atoms with E-state index in [0.29, 0.717) is 23.8 Å². The second kappa shape index (κ2) is 5.36. The highest BCUT2D eigenvalue weighted by Gasteiger charge is 2.31. The molecule has 2 N–H and O–H groups in total. The predicted octanol–water partition coefficient (Wildman–Crippen LogP) is 2.31. The minimum Gasteiger partial charge on any atom is -0.388 e. The molecule has 18 heavy (non-hydrogen) atoms. The maximum absolute atomic E-state index is 10.4. The Kier molecular flexibility index (Phi) is 3.83. The zero-order valence-electron chi connectivity index (χ0n) is 10.7. The third-order valence-electron chi connectivity index (χ3n) is 3.72. The smallest absolute Gasteiger partial charge is 0.143 e. The second-order valence-electron chi connectivity index (χ2n) is 5.27. The van der Waals surface area contributed by atoms with Crippen molar-refractivity contribution in [1.82, 2.24) is 4.98 Å². The van der Waals surface area contributed by atoms with Gasteiger partial charge in [0.15, 0.2) is 0 Å². The van der Waals surface area contributed by atoms with Gasteiger partial charge in [0.2, 0.25) is 0 Å². The van der Waals surface area contributed by atoms with Crippen molar-refractivity contribution < 1.29 is 5.11 Å². The zero-order valence-corrected chi connectivity index (χ0v) is 10.7. The first kappa shape index (κ1) is 12.8. The maximum atomic E-state index is 10.4. The van der Waals surface area contributed by atoms with Crippen LogP contribution in [0.25, 0.3) is 0 Å². The summed E-state index contributed by atoms with van der Waals surface area (Å²) in [7, 11) is 0. The third-order valence-corrected chi connectivity index (χ3v) is 3.72. The maximum Gasteiger partial charge on any atom is 0.143 e. The molecule has 0 saturated heterocycles. The van der Waals surface area contributed by atoms with Crippen molar-refractivity contribution in [2.24, 2.45) is 5.92 Å². The van der Waals surface area contributed by atoms with Crippen LogP contribution >= 0.6 is 0 Å². The fraction of sp³-hybridized carbons (Fsp3) is 0.571. The van der Waals surface area contributed by atoms with Crippen molar-refractivity contribution in [3.8, 4) is 6.07 Å². The SMILES string of the molecule is CC1CCC(O)(CNc2ncccc2C#N)CC1. The van der Waals surface area contributed by atoms with Gasteiger partial charge < -0.3 is 10.4 Å². The van der Waals surface area contributed by atoms with Crippen LogP contribution in [0.3, 0.4) is 0 Å². The van der Waals surface area contributed by atoms with Crippen LogP contribution < -0.4 is 5.32 Å². The van der Waals surface area contributed by atoms with Gasteiger partial charge in [-0.25, -0.2) is 4.98 Å². The van der Waals surface area contributed by atoms with Crippen molar-refractivity contribution >= 4 is 5.82 Å². The average Bonchev–Trinajstić information content (AvgIpc) is 2.41. The van der Waals surface area contributed by atoms with Crippen LogP contribution in [-0.2, 0) is 0 Å². The predicted molar refractivity (Wildman–Crippen MR) is 70.0 cm³/mol. The monoisotopic (exact) mass is 245 g/mol. The van der Waals surface area contributed by atoms with Crippen LogP contribution in [0.1, 0.15) is 38.2 Å². The summed E-state index contributed by atoms with van der Waals surface area (Å²) in [5, 5.41) is 22.5. The van der Waals surface area contributed by atoms with Gasteiger partial charge in [0.05, 0.1) is 11.2 Å². The van der Waals surface area contributed by atoms with E-state index in [2.05, 4.69) is 23.3 Å². The molecular formula is C14H19N3O. The summed E-state index contributed by atoms with van der Waals surface area (Å²) in [5.41, 5.74) is -0.137. The summed E-state index contributed by atoms with van der Waals surface area (Å²) >= 11 is 0. The quantitative estimate of drug-likeness (QED) is 0.857. The number of anilines is 1. The number of hydrogen-bond donors (Lipinski definition) is 2. The third kappa shape index (κ3) is 2.99. The summed E-state index contributed by atoms with van der Waals surface area (Å²) in [6, 6.07) is 5.56. The van der Waals surface area contributed by atoms with Crippen LogP contribution in [-0.4, -0.2) is 22.2 Å². The number of hydrogen-bond acceptors (Lipinski definition) is 4. The van der Waals surface area contributed by atoms with Gasteiger partial charge in [0.25, 0.3) is 0 Å². The number of rotatable bonds is 3. The molecule has 1 saturated carbocycles. The van der Waals surface area contributed by atoms with Crippen LogP contribution in [0, 0.1) is 17.2 Å². The van der Waals surface area contributed by atoms with E-state index in [1.54, 1.807) is 18.3 Å². The van der Waals surface area contributed by atoms with Crippen molar-refractivity contribution in [2.45, 2.75) is 38.2 Å². The topological polar surface area (TPSA) is 68.9 Å². The number of nitrogens with zero attached hydrogens (tertiary/aromatic N) is 2. The second-order valence-corrected chi connectivity index (χ2v) is 5.27. The van der Waals surface area contributed by atoms with Gasteiger partial charge in [-0.1, -0.05) is 6.92 Å². The summed E-state index contributed by atoms with van der Waals surface area (Å²) in [6.07, 6.45) is 5.40. The van der Waals surface area contributed by atoms with Gasteiger partial charge in [-0.15, -0.1) is 0 Å². The first-order valence-electron chi connectivity index (χ1n) is 6.44. The molecule has 1 aromatic heterocycles. The molecule has 0 radical (unpaired) electrons. The minimum absolute atomic E-state index is 0.464. The highest BCUT2D eigenvalue weighted by atomic mass is 16.3. The van der Waals surface area contributed by atoms with Crippen molar-refractivity contribution in [3.63, 3.8) is 0 Å². The average molecular weight is 245 g/mol. The summed E-state index contributed by atoms with van der Waals surface area (Å²) < 4.78 is 0. The Morgan fingerprint density at radius 3 is 2.94 bits per heavy atom. The molecule has 0 spiro atoms. The zero-order chi connectivity index (χ0) is 13.0. The normalized spacial score (nSPS) is 27.5. The number of nitrogens with one attached hydrogen (secondary N) is 1. The highest BCUT2D eigenvalue weighted by Crippen LogP contribution is 2.31. The molecule has 4 heteroatoms. The van der Waals surface area contributed by atoms with Gasteiger partial charge in [0.1, 0.15) is 11.9 Å². The van der Waals surface area contributed by atoms with E-state index in [0.717, 1.165) is 25.7 Å². The lowest BCUT2D eigenvalue weighted by molar-refractivity contribution is 0.00494. The van der Waals surface area contributed by atoms with E-state index in [1.807, 2.05) is 0 Å². The molecule has 0 amide bonds. The molecule has 1 fully saturated rings. The fourth-order valence-electron chi connectivity index (χ4n) is 2.36. The lowest BCUT2D eigenvalue weighted by Gasteiger charge is -2.35. The molecule has 1 heterocycles. The number of aliphatic hydroxyl groups is 1. The molecule has 1 aromatic rings. The van der Waals surface area contributed by atoms with Crippen LogP contribution in [0.4, 0.5) is 5.82 Å². The molecule has 2 rings (SSSR count). The van der Waals surface area contributed by atoms with Gasteiger partial charge >= 0.3 is 0 Å². The lowest BCUT2D eigenvalue weighted by Crippen LogP contribution is -2.40.